The Bertz CT molecular complexity index is 487. The largest absolute Gasteiger partial charge is 0.478 e. The standard InChI is InChI=1S/C14H18N2O3S/c17-13(18)11-3-1-2-4-12(11)16-14(19)15-9-10-5-7-20-8-6-10/h1-4,10H,5-9H2,(H,17,18)(H2,15,16,19). The molecule has 0 radical (unpaired) electrons. The van der Waals surface area contributed by atoms with Gasteiger partial charge >= 0.3 is 12.0 Å². The second-order valence-electron chi connectivity index (χ2n) is 4.74. The zero-order valence-corrected chi connectivity index (χ0v) is 11.9. The van der Waals surface area contributed by atoms with Crippen molar-refractivity contribution in [3.63, 3.8) is 0 Å². The molecule has 20 heavy (non-hydrogen) atoms. The van der Waals surface area contributed by atoms with Gasteiger partial charge in [-0.3, -0.25) is 0 Å². The normalized spacial score (nSPS) is 15.6. The van der Waals surface area contributed by atoms with E-state index in [0.717, 1.165) is 24.3 Å². The van der Waals surface area contributed by atoms with Gasteiger partial charge < -0.3 is 15.7 Å². The number of carboxylic acid groups (broad SMARTS) is 1. The van der Waals surface area contributed by atoms with E-state index in [2.05, 4.69) is 10.6 Å². The number of hydrogen-bond acceptors (Lipinski definition) is 3. The maximum atomic E-state index is 11.8. The molecule has 1 saturated heterocycles. The Kier molecular flexibility index (Phi) is 5.29. The summed E-state index contributed by atoms with van der Waals surface area (Å²) in [5, 5.41) is 14.4. The van der Waals surface area contributed by atoms with Crippen LogP contribution in [0.1, 0.15) is 23.2 Å². The maximum absolute atomic E-state index is 11.8. The molecule has 6 heteroatoms. The summed E-state index contributed by atoms with van der Waals surface area (Å²) >= 11 is 1.95. The molecule has 0 bridgehead atoms. The van der Waals surface area contributed by atoms with Crippen LogP contribution in [0.5, 0.6) is 0 Å². The topological polar surface area (TPSA) is 78.4 Å². The molecule has 0 spiro atoms. The lowest BCUT2D eigenvalue weighted by molar-refractivity contribution is 0.0698. The first kappa shape index (κ1) is 14.7. The Labute approximate surface area is 122 Å². The van der Waals surface area contributed by atoms with E-state index in [-0.39, 0.29) is 11.6 Å². The van der Waals surface area contributed by atoms with Gasteiger partial charge in [0, 0.05) is 6.54 Å². The van der Waals surface area contributed by atoms with Crippen LogP contribution < -0.4 is 10.6 Å². The molecule has 0 atom stereocenters. The second kappa shape index (κ2) is 7.19. The highest BCUT2D eigenvalue weighted by molar-refractivity contribution is 7.99. The highest BCUT2D eigenvalue weighted by Crippen LogP contribution is 2.22. The van der Waals surface area contributed by atoms with Crippen molar-refractivity contribution >= 4 is 29.4 Å². The van der Waals surface area contributed by atoms with E-state index >= 15 is 0 Å². The second-order valence-corrected chi connectivity index (χ2v) is 5.97. The number of thioether (sulfide) groups is 1. The number of carbonyl (C=O) groups excluding carboxylic acids is 1. The van der Waals surface area contributed by atoms with Gasteiger partial charge in [-0.1, -0.05) is 12.1 Å². The summed E-state index contributed by atoms with van der Waals surface area (Å²) in [6.07, 6.45) is 2.24. The fourth-order valence-corrected chi connectivity index (χ4v) is 3.34. The van der Waals surface area contributed by atoms with Gasteiger partial charge in [-0.2, -0.15) is 11.8 Å². The molecule has 3 N–H and O–H groups in total. The lowest BCUT2D eigenvalue weighted by atomic mass is 10.0. The molecule has 1 aromatic carbocycles. The minimum Gasteiger partial charge on any atom is -0.478 e. The Morgan fingerprint density at radius 3 is 2.65 bits per heavy atom. The van der Waals surface area contributed by atoms with Crippen molar-refractivity contribution < 1.29 is 14.7 Å². The fourth-order valence-electron chi connectivity index (χ4n) is 2.13. The number of carboxylic acids is 1. The Morgan fingerprint density at radius 1 is 1.25 bits per heavy atom. The lowest BCUT2D eigenvalue weighted by Crippen LogP contribution is -2.34. The summed E-state index contributed by atoms with van der Waals surface area (Å²) in [7, 11) is 0. The van der Waals surface area contributed by atoms with Gasteiger partial charge in [0.15, 0.2) is 0 Å². The zero-order chi connectivity index (χ0) is 14.4. The van der Waals surface area contributed by atoms with Gasteiger partial charge in [-0.05, 0) is 42.4 Å². The van der Waals surface area contributed by atoms with Crippen molar-refractivity contribution in [1.82, 2.24) is 5.32 Å². The first-order chi connectivity index (χ1) is 9.66. The minimum absolute atomic E-state index is 0.0942. The monoisotopic (exact) mass is 294 g/mol. The van der Waals surface area contributed by atoms with Crippen LogP contribution in [0.4, 0.5) is 10.5 Å². The highest BCUT2D eigenvalue weighted by atomic mass is 32.2. The van der Waals surface area contributed by atoms with Gasteiger partial charge in [-0.15, -0.1) is 0 Å². The van der Waals surface area contributed by atoms with Crippen molar-refractivity contribution in [2.45, 2.75) is 12.8 Å². The number of aromatic carboxylic acids is 1. The summed E-state index contributed by atoms with van der Waals surface area (Å²) < 4.78 is 0. The van der Waals surface area contributed by atoms with Crippen molar-refractivity contribution in [2.24, 2.45) is 5.92 Å². The van der Waals surface area contributed by atoms with Gasteiger partial charge in [0.05, 0.1) is 11.3 Å². The smallest absolute Gasteiger partial charge is 0.337 e. The first-order valence-corrected chi connectivity index (χ1v) is 7.77. The minimum atomic E-state index is -1.05. The highest BCUT2D eigenvalue weighted by Gasteiger charge is 2.15. The number of rotatable bonds is 4. The number of amides is 2. The summed E-state index contributed by atoms with van der Waals surface area (Å²) in [5.74, 6) is 1.77. The SMILES string of the molecule is O=C(NCC1CCSCC1)Nc1ccccc1C(=O)O. The Hall–Kier alpha value is -1.69. The molecule has 1 fully saturated rings. The summed E-state index contributed by atoms with van der Waals surface area (Å²) in [6.45, 7) is 0.641. The summed E-state index contributed by atoms with van der Waals surface area (Å²) in [5.41, 5.74) is 0.411. The predicted octanol–water partition coefficient (Wildman–Crippen LogP) is 2.65. The number of nitrogens with one attached hydrogen (secondary N) is 2. The molecule has 0 aliphatic carbocycles. The molecule has 108 valence electrons. The van der Waals surface area contributed by atoms with Crippen LogP contribution in [0.3, 0.4) is 0 Å². The molecule has 1 aliphatic rings. The lowest BCUT2D eigenvalue weighted by Gasteiger charge is -2.21. The number of carbonyl (C=O) groups is 2. The third-order valence-electron chi connectivity index (χ3n) is 3.30. The molecule has 0 aromatic heterocycles. The molecular weight excluding hydrogens is 276 g/mol. The number of hydrogen-bond donors (Lipinski definition) is 3. The molecule has 2 amide bonds. The van der Waals surface area contributed by atoms with Crippen molar-refractivity contribution in [3.05, 3.63) is 29.8 Å². The van der Waals surface area contributed by atoms with Crippen LogP contribution in [-0.2, 0) is 0 Å². The van der Waals surface area contributed by atoms with E-state index in [1.165, 1.54) is 6.07 Å². The van der Waals surface area contributed by atoms with Gasteiger partial charge in [-0.25, -0.2) is 9.59 Å². The quantitative estimate of drug-likeness (QED) is 0.797. The molecule has 1 aromatic rings. The molecule has 1 aliphatic heterocycles. The average Bonchev–Trinajstić information content (AvgIpc) is 2.46. The van der Waals surface area contributed by atoms with Crippen LogP contribution >= 0.6 is 11.8 Å². The van der Waals surface area contributed by atoms with E-state index in [0.29, 0.717) is 18.2 Å². The van der Waals surface area contributed by atoms with Crippen molar-refractivity contribution in [3.8, 4) is 0 Å². The third-order valence-corrected chi connectivity index (χ3v) is 4.35. The summed E-state index contributed by atoms with van der Waals surface area (Å²) in [4.78, 5) is 22.8. The van der Waals surface area contributed by atoms with E-state index < -0.39 is 5.97 Å². The van der Waals surface area contributed by atoms with Crippen LogP contribution in [0.2, 0.25) is 0 Å². The fraction of sp³-hybridized carbons (Fsp3) is 0.429. The van der Waals surface area contributed by atoms with Gasteiger partial charge in [0.2, 0.25) is 0 Å². The van der Waals surface area contributed by atoms with Crippen molar-refractivity contribution in [1.29, 1.82) is 0 Å². The van der Waals surface area contributed by atoms with Crippen LogP contribution in [0, 0.1) is 5.92 Å². The Morgan fingerprint density at radius 2 is 1.95 bits per heavy atom. The van der Waals surface area contributed by atoms with E-state index in [1.807, 2.05) is 11.8 Å². The zero-order valence-electron chi connectivity index (χ0n) is 11.1. The van der Waals surface area contributed by atoms with E-state index in [9.17, 15) is 9.59 Å². The Balaban J connectivity index is 1.86. The number of urea groups is 1. The van der Waals surface area contributed by atoms with Crippen LogP contribution in [-0.4, -0.2) is 35.2 Å². The summed E-state index contributed by atoms with van der Waals surface area (Å²) in [6, 6.07) is 6.03. The van der Waals surface area contributed by atoms with Crippen LogP contribution in [0.25, 0.3) is 0 Å². The average molecular weight is 294 g/mol. The molecule has 0 saturated carbocycles. The van der Waals surface area contributed by atoms with E-state index in [4.69, 9.17) is 5.11 Å². The third kappa shape index (κ3) is 4.16. The molecule has 5 nitrogen and oxygen atoms in total. The molecule has 1 heterocycles. The van der Waals surface area contributed by atoms with Crippen molar-refractivity contribution in [2.75, 3.05) is 23.4 Å². The maximum Gasteiger partial charge on any atom is 0.337 e. The van der Waals surface area contributed by atoms with E-state index in [1.54, 1.807) is 18.2 Å². The molecule has 0 unspecified atom stereocenters. The number of para-hydroxylation sites is 1. The number of anilines is 1. The first-order valence-electron chi connectivity index (χ1n) is 6.61. The van der Waals surface area contributed by atoms with Gasteiger partial charge in [0.1, 0.15) is 0 Å². The van der Waals surface area contributed by atoms with Crippen LogP contribution in [0.15, 0.2) is 24.3 Å². The predicted molar refractivity (Wildman–Crippen MR) is 80.5 cm³/mol. The van der Waals surface area contributed by atoms with Gasteiger partial charge in [0.25, 0.3) is 0 Å². The molecular formula is C14H18N2O3S. The molecule has 2 rings (SSSR count). The number of benzene rings is 1.